The predicted octanol–water partition coefficient (Wildman–Crippen LogP) is 3.10. The Labute approximate surface area is 144 Å². The summed E-state index contributed by atoms with van der Waals surface area (Å²) in [6, 6.07) is 10.4. The van der Waals surface area contributed by atoms with Gasteiger partial charge in [0.1, 0.15) is 11.6 Å². The van der Waals surface area contributed by atoms with Gasteiger partial charge in [-0.3, -0.25) is 4.79 Å². The number of benzene rings is 2. The Hall–Kier alpha value is -2.76. The van der Waals surface area contributed by atoms with Gasteiger partial charge in [0.25, 0.3) is 5.91 Å². The van der Waals surface area contributed by atoms with E-state index in [9.17, 15) is 18.4 Å². The predicted molar refractivity (Wildman–Crippen MR) is 86.8 cm³/mol. The summed E-state index contributed by atoms with van der Waals surface area (Å²) in [7, 11) is 0. The van der Waals surface area contributed by atoms with Crippen LogP contribution < -0.4 is 0 Å². The molecule has 0 aliphatic carbocycles. The minimum absolute atomic E-state index is 0.342. The van der Waals surface area contributed by atoms with E-state index >= 15 is 0 Å². The van der Waals surface area contributed by atoms with Crippen LogP contribution in [0, 0.1) is 11.6 Å². The average molecular weight is 345 g/mol. The molecule has 1 aliphatic heterocycles. The molecular weight excluding hydrogens is 328 g/mol. The van der Waals surface area contributed by atoms with Gasteiger partial charge < -0.3 is 9.64 Å². The molecule has 0 N–H and O–H groups in total. The molecule has 1 amide bonds. The summed E-state index contributed by atoms with van der Waals surface area (Å²) in [6.45, 7) is 2.42. The van der Waals surface area contributed by atoms with Crippen molar-refractivity contribution in [1.29, 1.82) is 0 Å². The molecule has 3 rings (SSSR count). The van der Waals surface area contributed by atoms with Crippen LogP contribution >= 0.6 is 0 Å². The van der Waals surface area contributed by atoms with E-state index in [4.69, 9.17) is 4.74 Å². The highest BCUT2D eigenvalue weighted by molar-refractivity contribution is 5.92. The molecule has 0 fully saturated rings. The maximum atomic E-state index is 13.6. The van der Waals surface area contributed by atoms with Gasteiger partial charge in [-0.25, -0.2) is 13.6 Å². The molecule has 0 saturated heterocycles. The summed E-state index contributed by atoms with van der Waals surface area (Å²) in [5.41, 5.74) is 1.86. The monoisotopic (exact) mass is 345 g/mol. The summed E-state index contributed by atoms with van der Waals surface area (Å²) in [4.78, 5) is 26.1. The summed E-state index contributed by atoms with van der Waals surface area (Å²) >= 11 is 0. The second-order valence-electron chi connectivity index (χ2n) is 5.95. The Morgan fingerprint density at radius 2 is 1.84 bits per heavy atom. The number of halogens is 2. The number of amides is 1. The average Bonchev–Trinajstić information content (AvgIpc) is 2.60. The molecule has 1 aliphatic rings. The first-order valence-electron chi connectivity index (χ1n) is 7.97. The second kappa shape index (κ2) is 7.01. The number of carbonyl (C=O) groups is 2. The van der Waals surface area contributed by atoms with E-state index in [0.29, 0.717) is 19.2 Å². The van der Waals surface area contributed by atoms with Gasteiger partial charge in [-0.2, -0.15) is 0 Å². The molecule has 1 atom stereocenters. The van der Waals surface area contributed by atoms with E-state index in [-0.39, 0.29) is 5.91 Å². The van der Waals surface area contributed by atoms with E-state index in [2.05, 4.69) is 0 Å². The quantitative estimate of drug-likeness (QED) is 0.803. The van der Waals surface area contributed by atoms with Crippen LogP contribution in [0.4, 0.5) is 8.78 Å². The fourth-order valence-electron chi connectivity index (χ4n) is 2.87. The third-order valence-corrected chi connectivity index (χ3v) is 4.22. The molecule has 0 saturated carbocycles. The molecule has 0 unspecified atom stereocenters. The Balaban J connectivity index is 1.66. The topological polar surface area (TPSA) is 46.6 Å². The molecule has 25 heavy (non-hydrogen) atoms. The van der Waals surface area contributed by atoms with Crippen molar-refractivity contribution >= 4 is 11.9 Å². The SMILES string of the molecule is C[C@H](OC(=O)c1ccc(F)cc1F)C(=O)N1CCc2ccccc2C1. The van der Waals surface area contributed by atoms with Crippen LogP contribution in [0.2, 0.25) is 0 Å². The molecule has 6 heteroatoms. The summed E-state index contributed by atoms with van der Waals surface area (Å²) in [5.74, 6) is -3.14. The van der Waals surface area contributed by atoms with E-state index in [0.717, 1.165) is 24.1 Å². The smallest absolute Gasteiger partial charge is 0.341 e. The molecule has 4 nitrogen and oxygen atoms in total. The Morgan fingerprint density at radius 3 is 2.56 bits per heavy atom. The molecule has 1 heterocycles. The zero-order valence-corrected chi connectivity index (χ0v) is 13.7. The first-order chi connectivity index (χ1) is 12.0. The van der Waals surface area contributed by atoms with Gasteiger partial charge in [0.05, 0.1) is 5.56 Å². The van der Waals surface area contributed by atoms with Crippen LogP contribution in [-0.4, -0.2) is 29.4 Å². The Kier molecular flexibility index (Phi) is 4.79. The van der Waals surface area contributed by atoms with Crippen LogP contribution in [-0.2, 0) is 22.5 Å². The summed E-state index contributed by atoms with van der Waals surface area (Å²) < 4.78 is 31.6. The van der Waals surface area contributed by atoms with Crippen molar-refractivity contribution in [3.63, 3.8) is 0 Å². The van der Waals surface area contributed by atoms with Crippen molar-refractivity contribution in [2.45, 2.75) is 26.0 Å². The fraction of sp³-hybridized carbons (Fsp3) is 0.263. The second-order valence-corrected chi connectivity index (χ2v) is 5.95. The van der Waals surface area contributed by atoms with Crippen molar-refractivity contribution in [1.82, 2.24) is 4.90 Å². The zero-order chi connectivity index (χ0) is 18.0. The highest BCUT2D eigenvalue weighted by atomic mass is 19.1. The molecule has 130 valence electrons. The number of hydrogen-bond donors (Lipinski definition) is 0. The highest BCUT2D eigenvalue weighted by Gasteiger charge is 2.28. The van der Waals surface area contributed by atoms with Crippen molar-refractivity contribution in [3.8, 4) is 0 Å². The fourth-order valence-corrected chi connectivity index (χ4v) is 2.87. The van der Waals surface area contributed by atoms with Crippen LogP contribution in [0.5, 0.6) is 0 Å². The van der Waals surface area contributed by atoms with Gasteiger partial charge in [0.15, 0.2) is 6.10 Å². The summed E-state index contributed by atoms with van der Waals surface area (Å²) in [6.07, 6.45) is -0.322. The lowest BCUT2D eigenvalue weighted by molar-refractivity contribution is -0.140. The molecule has 2 aromatic rings. The highest BCUT2D eigenvalue weighted by Crippen LogP contribution is 2.20. The first-order valence-corrected chi connectivity index (χ1v) is 7.97. The molecular formula is C19H17F2NO3. The van der Waals surface area contributed by atoms with Gasteiger partial charge in [-0.1, -0.05) is 24.3 Å². The number of rotatable bonds is 3. The molecule has 0 aromatic heterocycles. The van der Waals surface area contributed by atoms with Crippen LogP contribution in [0.25, 0.3) is 0 Å². The van der Waals surface area contributed by atoms with Gasteiger partial charge >= 0.3 is 5.97 Å². The number of ether oxygens (including phenoxy) is 1. The first kappa shape index (κ1) is 17.1. The lowest BCUT2D eigenvalue weighted by atomic mass is 9.99. The van der Waals surface area contributed by atoms with Crippen molar-refractivity contribution in [3.05, 3.63) is 70.8 Å². The van der Waals surface area contributed by atoms with E-state index in [1.165, 1.54) is 12.5 Å². The van der Waals surface area contributed by atoms with E-state index in [1.54, 1.807) is 4.90 Å². The number of esters is 1. The van der Waals surface area contributed by atoms with Crippen LogP contribution in [0.1, 0.15) is 28.4 Å². The largest absolute Gasteiger partial charge is 0.449 e. The molecule has 0 bridgehead atoms. The Morgan fingerprint density at radius 1 is 1.12 bits per heavy atom. The third-order valence-electron chi connectivity index (χ3n) is 4.22. The lowest BCUT2D eigenvalue weighted by Gasteiger charge is -2.30. The minimum atomic E-state index is -1.05. The molecule has 0 radical (unpaired) electrons. The number of nitrogens with zero attached hydrogens (tertiary/aromatic N) is 1. The van der Waals surface area contributed by atoms with Crippen molar-refractivity contribution in [2.75, 3.05) is 6.54 Å². The van der Waals surface area contributed by atoms with Crippen LogP contribution in [0.15, 0.2) is 42.5 Å². The van der Waals surface area contributed by atoms with E-state index in [1.807, 2.05) is 24.3 Å². The van der Waals surface area contributed by atoms with Crippen LogP contribution in [0.3, 0.4) is 0 Å². The molecule has 2 aromatic carbocycles. The lowest BCUT2D eigenvalue weighted by Crippen LogP contribution is -2.42. The maximum Gasteiger partial charge on any atom is 0.341 e. The third kappa shape index (κ3) is 3.68. The van der Waals surface area contributed by atoms with Gasteiger partial charge in [0.2, 0.25) is 0 Å². The number of fused-ring (bicyclic) bond motifs is 1. The van der Waals surface area contributed by atoms with Crippen molar-refractivity contribution in [2.24, 2.45) is 0 Å². The Bertz CT molecular complexity index is 822. The van der Waals surface area contributed by atoms with Gasteiger partial charge in [0, 0.05) is 19.2 Å². The van der Waals surface area contributed by atoms with Crippen molar-refractivity contribution < 1.29 is 23.1 Å². The number of hydrogen-bond acceptors (Lipinski definition) is 3. The maximum absolute atomic E-state index is 13.6. The standard InChI is InChI=1S/C19H17F2NO3/c1-12(25-19(24)16-7-6-15(20)10-17(16)21)18(23)22-9-8-13-4-2-3-5-14(13)11-22/h2-7,10,12H,8-9,11H2,1H3/t12-/m0/s1. The molecule has 0 spiro atoms. The van der Waals surface area contributed by atoms with Gasteiger partial charge in [-0.05, 0) is 36.6 Å². The van der Waals surface area contributed by atoms with E-state index < -0.39 is 29.3 Å². The minimum Gasteiger partial charge on any atom is -0.449 e. The normalized spacial score (nSPS) is 14.6. The zero-order valence-electron chi connectivity index (χ0n) is 13.7. The summed E-state index contributed by atoms with van der Waals surface area (Å²) in [5, 5.41) is 0. The number of carbonyl (C=O) groups excluding carboxylic acids is 2. The van der Waals surface area contributed by atoms with Gasteiger partial charge in [-0.15, -0.1) is 0 Å².